The Morgan fingerprint density at radius 3 is 1.96 bits per heavy atom. The average Bonchev–Trinajstić information content (AvgIpc) is 2.79. The van der Waals surface area contributed by atoms with E-state index in [-0.39, 0.29) is 0 Å². The van der Waals surface area contributed by atoms with Crippen molar-refractivity contribution in [3.63, 3.8) is 0 Å². The van der Waals surface area contributed by atoms with Crippen molar-refractivity contribution in [3.8, 4) is 33.9 Å². The molecule has 0 amide bonds. The van der Waals surface area contributed by atoms with Crippen molar-refractivity contribution in [3.05, 3.63) is 97.6 Å². The third kappa shape index (κ3) is 3.01. The predicted octanol–water partition coefficient (Wildman–Crippen LogP) is 5.42. The fourth-order valence-corrected chi connectivity index (χ4v) is 3.31. The monoisotopic (exact) mass is 360 g/mol. The molecule has 0 bridgehead atoms. The van der Waals surface area contributed by atoms with Gasteiger partial charge in [0.2, 0.25) is 0 Å². The first-order chi connectivity index (χ1) is 13.9. The maximum absolute atomic E-state index is 4.63. The van der Waals surface area contributed by atoms with Gasteiger partial charge in [-0.15, -0.1) is 0 Å². The molecule has 2 aromatic heterocycles. The molecule has 3 aromatic carbocycles. The van der Waals surface area contributed by atoms with Crippen molar-refractivity contribution < 1.29 is 0 Å². The zero-order chi connectivity index (χ0) is 18.8. The summed E-state index contributed by atoms with van der Waals surface area (Å²) in [5.74, 6) is 1.34. The predicted molar refractivity (Wildman–Crippen MR) is 111 cm³/mol. The molecule has 0 saturated heterocycles. The Labute approximate surface area is 162 Å². The smallest absolute Gasteiger partial charge is 0.163 e. The molecule has 0 N–H and O–H groups in total. The molecule has 0 radical (unpaired) electrons. The third-order valence-corrected chi connectivity index (χ3v) is 4.73. The van der Waals surface area contributed by atoms with Crippen LogP contribution in [0, 0.1) is 0 Å². The minimum Gasteiger partial charge on any atom is -0.263 e. The molecule has 4 heteroatoms. The van der Waals surface area contributed by atoms with Crippen LogP contribution in [0.15, 0.2) is 97.6 Å². The molecule has 0 aliphatic rings. The van der Waals surface area contributed by atoms with Crippen molar-refractivity contribution in [1.29, 1.82) is 0 Å². The minimum absolute atomic E-state index is 0.663. The molecule has 28 heavy (non-hydrogen) atoms. The highest BCUT2D eigenvalue weighted by Crippen LogP contribution is 2.29. The van der Waals surface area contributed by atoms with E-state index in [2.05, 4.69) is 50.3 Å². The number of aromatic nitrogens is 4. The van der Waals surface area contributed by atoms with Crippen molar-refractivity contribution in [1.82, 2.24) is 19.9 Å². The Hall–Kier alpha value is -3.92. The van der Waals surface area contributed by atoms with Crippen LogP contribution in [0.5, 0.6) is 0 Å². The molecule has 0 aliphatic carbocycles. The van der Waals surface area contributed by atoms with E-state index in [4.69, 9.17) is 0 Å². The number of hydrogen-bond acceptors (Lipinski definition) is 4. The van der Waals surface area contributed by atoms with E-state index in [1.165, 1.54) is 5.39 Å². The van der Waals surface area contributed by atoms with E-state index in [0.29, 0.717) is 11.6 Å². The summed E-state index contributed by atoms with van der Waals surface area (Å²) in [5.41, 5.74) is 4.16. The topological polar surface area (TPSA) is 51.6 Å². The van der Waals surface area contributed by atoms with Gasteiger partial charge >= 0.3 is 0 Å². The molecule has 0 fully saturated rings. The van der Waals surface area contributed by atoms with Gasteiger partial charge in [0, 0.05) is 34.5 Å². The Morgan fingerprint density at radius 2 is 1.18 bits per heavy atom. The largest absolute Gasteiger partial charge is 0.263 e. The number of nitrogens with zero attached hydrogens (tertiary/aromatic N) is 4. The van der Waals surface area contributed by atoms with Crippen LogP contribution in [0.3, 0.4) is 0 Å². The molecule has 0 aliphatic heterocycles. The van der Waals surface area contributed by atoms with Crippen LogP contribution in [0.2, 0.25) is 0 Å². The van der Waals surface area contributed by atoms with Gasteiger partial charge in [-0.05, 0) is 10.9 Å². The lowest BCUT2D eigenvalue weighted by Gasteiger charge is -2.08. The molecular weight excluding hydrogens is 344 g/mol. The summed E-state index contributed by atoms with van der Waals surface area (Å²) in [6.45, 7) is 0. The van der Waals surface area contributed by atoms with Crippen LogP contribution < -0.4 is 0 Å². The van der Waals surface area contributed by atoms with Crippen molar-refractivity contribution in [2.75, 3.05) is 0 Å². The molecule has 0 unspecified atom stereocenters. The minimum atomic E-state index is 0.663. The van der Waals surface area contributed by atoms with Crippen molar-refractivity contribution in [2.45, 2.75) is 0 Å². The van der Waals surface area contributed by atoms with Gasteiger partial charge in [0.05, 0.1) is 0 Å². The molecule has 0 saturated carbocycles. The molecule has 4 nitrogen and oxygen atoms in total. The van der Waals surface area contributed by atoms with Gasteiger partial charge in [0.15, 0.2) is 11.6 Å². The van der Waals surface area contributed by atoms with Crippen molar-refractivity contribution >= 4 is 10.8 Å². The summed E-state index contributed by atoms with van der Waals surface area (Å²) >= 11 is 0. The van der Waals surface area contributed by atoms with Crippen LogP contribution in [-0.2, 0) is 0 Å². The maximum atomic E-state index is 4.63. The van der Waals surface area contributed by atoms with Crippen LogP contribution in [0.4, 0.5) is 0 Å². The molecular formula is C24H16N4. The van der Waals surface area contributed by atoms with Gasteiger partial charge in [-0.3, -0.25) is 4.98 Å². The highest BCUT2D eigenvalue weighted by molar-refractivity contribution is 5.95. The molecule has 2 heterocycles. The third-order valence-electron chi connectivity index (χ3n) is 4.73. The highest BCUT2D eigenvalue weighted by atomic mass is 15.0. The lowest BCUT2D eigenvalue weighted by atomic mass is 10.00. The Kier molecular flexibility index (Phi) is 4.07. The standard InChI is InChI=1S/C24H16N4/c1-2-6-18(7-3-1)23-26-16-27-24(28-23)19-12-10-17(11-13-19)22-15-25-14-20-8-4-5-9-21(20)22/h1-16H. The van der Waals surface area contributed by atoms with E-state index in [1.807, 2.05) is 60.9 Å². The van der Waals surface area contributed by atoms with Crippen LogP contribution in [0.1, 0.15) is 0 Å². The van der Waals surface area contributed by atoms with Gasteiger partial charge in [-0.25, -0.2) is 15.0 Å². The quantitative estimate of drug-likeness (QED) is 0.431. The number of pyridine rings is 1. The van der Waals surface area contributed by atoms with Gasteiger partial charge in [0.1, 0.15) is 6.33 Å². The number of rotatable bonds is 3. The van der Waals surface area contributed by atoms with Crippen LogP contribution >= 0.6 is 0 Å². The number of benzene rings is 3. The van der Waals surface area contributed by atoms with Gasteiger partial charge in [-0.2, -0.15) is 0 Å². The maximum Gasteiger partial charge on any atom is 0.163 e. The Balaban J connectivity index is 1.52. The van der Waals surface area contributed by atoms with Gasteiger partial charge < -0.3 is 0 Å². The summed E-state index contributed by atoms with van der Waals surface area (Å²) in [6, 6.07) is 26.5. The second kappa shape index (κ2) is 7.00. The van der Waals surface area contributed by atoms with Crippen molar-refractivity contribution in [2.24, 2.45) is 0 Å². The summed E-state index contributed by atoms with van der Waals surface area (Å²) in [7, 11) is 0. The SMILES string of the molecule is c1ccc(-c2ncnc(-c3ccc(-c4cncc5ccccc45)cc3)n2)cc1. The number of fused-ring (bicyclic) bond motifs is 1. The Morgan fingerprint density at radius 1 is 0.536 bits per heavy atom. The molecule has 0 spiro atoms. The fourth-order valence-electron chi connectivity index (χ4n) is 3.31. The first-order valence-corrected chi connectivity index (χ1v) is 9.06. The van der Waals surface area contributed by atoms with Gasteiger partial charge in [-0.1, -0.05) is 78.9 Å². The molecule has 5 rings (SSSR count). The second-order valence-electron chi connectivity index (χ2n) is 6.48. The molecule has 132 valence electrons. The zero-order valence-electron chi connectivity index (χ0n) is 15.0. The average molecular weight is 360 g/mol. The summed E-state index contributed by atoms with van der Waals surface area (Å²) in [5, 5.41) is 2.32. The van der Waals surface area contributed by atoms with E-state index in [9.17, 15) is 0 Å². The van der Waals surface area contributed by atoms with Crippen LogP contribution in [0.25, 0.3) is 44.7 Å². The number of hydrogen-bond donors (Lipinski definition) is 0. The summed E-state index contributed by atoms with van der Waals surface area (Å²) < 4.78 is 0. The van der Waals surface area contributed by atoms with Gasteiger partial charge in [0.25, 0.3) is 0 Å². The Bertz CT molecular complexity index is 1240. The lowest BCUT2D eigenvalue weighted by Crippen LogP contribution is -1.95. The second-order valence-corrected chi connectivity index (χ2v) is 6.48. The van der Waals surface area contributed by atoms with E-state index in [1.54, 1.807) is 6.33 Å². The molecule has 0 atom stereocenters. The zero-order valence-corrected chi connectivity index (χ0v) is 15.0. The first kappa shape index (κ1) is 16.3. The van der Waals surface area contributed by atoms with E-state index < -0.39 is 0 Å². The normalized spacial score (nSPS) is 10.9. The summed E-state index contributed by atoms with van der Waals surface area (Å²) in [6.07, 6.45) is 5.37. The fraction of sp³-hybridized carbons (Fsp3) is 0. The summed E-state index contributed by atoms with van der Waals surface area (Å²) in [4.78, 5) is 17.7. The van der Waals surface area contributed by atoms with E-state index in [0.717, 1.165) is 27.6 Å². The first-order valence-electron chi connectivity index (χ1n) is 9.06. The molecule has 5 aromatic rings. The lowest BCUT2D eigenvalue weighted by molar-refractivity contribution is 1.07. The highest BCUT2D eigenvalue weighted by Gasteiger charge is 2.08. The van der Waals surface area contributed by atoms with E-state index >= 15 is 0 Å². The van der Waals surface area contributed by atoms with Crippen LogP contribution in [-0.4, -0.2) is 19.9 Å².